The zero-order valence-electron chi connectivity index (χ0n) is 14.4. The number of diazo groups is 1. The van der Waals surface area contributed by atoms with Crippen LogP contribution in [0, 0.1) is 12.3 Å². The first-order valence-electron chi connectivity index (χ1n) is 8.20. The van der Waals surface area contributed by atoms with Crippen molar-refractivity contribution >= 4 is 18.3 Å². The zero-order valence-corrected chi connectivity index (χ0v) is 15.3. The lowest BCUT2D eigenvalue weighted by molar-refractivity contribution is 0.305. The van der Waals surface area contributed by atoms with E-state index in [0.717, 1.165) is 24.0 Å². The van der Waals surface area contributed by atoms with Crippen LogP contribution in [0.5, 0.6) is 11.5 Å². The maximum Gasteiger partial charge on any atom is 0.431 e. The zero-order chi connectivity index (χ0) is 17.5. The van der Waals surface area contributed by atoms with Crippen LogP contribution >= 0.6 is 12.6 Å². The third-order valence-corrected chi connectivity index (χ3v) is 3.99. The van der Waals surface area contributed by atoms with Gasteiger partial charge in [-0.15, -0.1) is 12.6 Å². The molecule has 0 heterocycles. The Morgan fingerprint density at radius 1 is 1.04 bits per heavy atom. The van der Waals surface area contributed by atoms with Gasteiger partial charge >= 0.3 is 5.69 Å². The van der Waals surface area contributed by atoms with Crippen molar-refractivity contribution < 1.29 is 9.47 Å². The minimum Gasteiger partial charge on any atom is -0.493 e. The highest BCUT2D eigenvalue weighted by Gasteiger charge is 2.26. The summed E-state index contributed by atoms with van der Waals surface area (Å²) < 4.78 is 11.6. The van der Waals surface area contributed by atoms with Gasteiger partial charge in [-0.05, 0) is 25.3 Å². The minimum absolute atomic E-state index is 0.329. The van der Waals surface area contributed by atoms with E-state index in [1.807, 2.05) is 45.0 Å². The summed E-state index contributed by atoms with van der Waals surface area (Å²) in [5.74, 6) is 1.12. The fourth-order valence-corrected chi connectivity index (χ4v) is 2.78. The smallest absolute Gasteiger partial charge is 0.431 e. The Balaban J connectivity index is 2.63. The van der Waals surface area contributed by atoms with Gasteiger partial charge in [0.25, 0.3) is 0 Å². The summed E-state index contributed by atoms with van der Waals surface area (Å²) in [4.78, 5) is 3.97. The van der Waals surface area contributed by atoms with E-state index in [0.29, 0.717) is 35.3 Å². The monoisotopic (exact) mass is 343 g/mol. The fraction of sp³-hybridized carbons (Fsp3) is 0.368. The molecular weight excluding hydrogens is 320 g/mol. The number of ether oxygens (including phenoxy) is 2. The Kier molecular flexibility index (Phi) is 6.51. The molecule has 5 heteroatoms. The van der Waals surface area contributed by atoms with Gasteiger partial charge in [0, 0.05) is 5.56 Å². The molecule has 0 aliphatic heterocycles. The molecule has 0 bridgehead atoms. The van der Waals surface area contributed by atoms with Crippen LogP contribution in [0.2, 0.25) is 0 Å². The summed E-state index contributed by atoms with van der Waals surface area (Å²) in [5, 5.41) is 9.35. The van der Waals surface area contributed by atoms with Crippen molar-refractivity contribution in [2.75, 3.05) is 13.2 Å². The summed E-state index contributed by atoms with van der Waals surface area (Å²) in [6, 6.07) is 9.85. The van der Waals surface area contributed by atoms with Crippen LogP contribution in [0.15, 0.2) is 35.2 Å². The fourth-order valence-electron chi connectivity index (χ4n) is 2.36. The number of rotatable bonds is 7. The molecule has 2 aromatic rings. The Labute approximate surface area is 148 Å². The summed E-state index contributed by atoms with van der Waals surface area (Å²) >= 11 is 4.66. The van der Waals surface area contributed by atoms with Gasteiger partial charge in [0.2, 0.25) is 11.1 Å². The summed E-state index contributed by atoms with van der Waals surface area (Å²) in [6.07, 6.45) is 1.74. The van der Waals surface area contributed by atoms with E-state index in [1.54, 1.807) is 6.07 Å². The number of hydrogen-bond donors (Lipinski definition) is 1. The predicted molar refractivity (Wildman–Crippen MR) is 100 cm³/mol. The van der Waals surface area contributed by atoms with Gasteiger partial charge in [-0.2, -0.15) is 0 Å². The van der Waals surface area contributed by atoms with Crippen molar-refractivity contribution in [3.63, 3.8) is 0 Å². The van der Waals surface area contributed by atoms with Gasteiger partial charge in [-0.3, -0.25) is 0 Å². The second-order valence-electron chi connectivity index (χ2n) is 5.61. The standard InChI is InChI=1S/C19H22N2O2S/c1-4-10-22-16-12-15(21-20)18(23-11-5-2)19(24)17(16)14-8-6-13(3)7-9-14/h6-9,12H,4-5,10-11H2,1-3H3/p+1. The second-order valence-corrected chi connectivity index (χ2v) is 6.06. The van der Waals surface area contributed by atoms with Crippen LogP contribution < -0.4 is 9.47 Å². The molecular formula is C19H23N2O2S+. The molecule has 0 aromatic heterocycles. The highest BCUT2D eigenvalue weighted by molar-refractivity contribution is 7.80. The predicted octanol–water partition coefficient (Wildman–Crippen LogP) is 6.01. The number of thiol groups is 1. The van der Waals surface area contributed by atoms with Crippen LogP contribution in [-0.2, 0) is 0 Å². The molecule has 4 nitrogen and oxygen atoms in total. The molecule has 2 rings (SSSR count). The maximum atomic E-state index is 9.35. The normalized spacial score (nSPS) is 10.3. The van der Waals surface area contributed by atoms with Crippen LogP contribution in [0.1, 0.15) is 32.3 Å². The molecule has 2 aromatic carbocycles. The van der Waals surface area contributed by atoms with E-state index in [-0.39, 0.29) is 0 Å². The first kappa shape index (κ1) is 18.2. The molecule has 0 aliphatic carbocycles. The van der Waals surface area contributed by atoms with Crippen molar-refractivity contribution in [1.82, 2.24) is 0 Å². The molecule has 0 radical (unpaired) electrons. The average Bonchev–Trinajstić information content (AvgIpc) is 2.59. The molecule has 24 heavy (non-hydrogen) atoms. The molecule has 0 spiro atoms. The van der Waals surface area contributed by atoms with Gasteiger partial charge in [0.15, 0.2) is 4.98 Å². The van der Waals surface area contributed by atoms with Crippen molar-refractivity contribution in [3.05, 3.63) is 40.9 Å². The molecule has 0 saturated carbocycles. The van der Waals surface area contributed by atoms with Crippen molar-refractivity contribution in [1.29, 1.82) is 5.39 Å². The number of benzene rings is 2. The summed E-state index contributed by atoms with van der Waals surface area (Å²) in [5.41, 5.74) is 3.35. The van der Waals surface area contributed by atoms with Crippen LogP contribution in [0.25, 0.3) is 16.1 Å². The van der Waals surface area contributed by atoms with Crippen molar-refractivity contribution in [2.45, 2.75) is 38.5 Å². The van der Waals surface area contributed by atoms with Gasteiger partial charge < -0.3 is 9.47 Å². The minimum atomic E-state index is 0.329. The quantitative estimate of drug-likeness (QED) is 0.494. The highest BCUT2D eigenvalue weighted by Crippen LogP contribution is 2.47. The third kappa shape index (κ3) is 4.01. The van der Waals surface area contributed by atoms with Crippen LogP contribution in [0.4, 0.5) is 5.69 Å². The van der Waals surface area contributed by atoms with Gasteiger partial charge in [-0.25, -0.2) is 0 Å². The molecule has 0 fully saturated rings. The van der Waals surface area contributed by atoms with E-state index < -0.39 is 0 Å². The van der Waals surface area contributed by atoms with Gasteiger partial charge in [-0.1, -0.05) is 43.7 Å². The third-order valence-electron chi connectivity index (χ3n) is 3.56. The Morgan fingerprint density at radius 2 is 1.67 bits per heavy atom. The molecule has 0 amide bonds. The van der Waals surface area contributed by atoms with E-state index in [1.165, 1.54) is 5.56 Å². The molecule has 0 atom stereocenters. The Hall–Kier alpha value is -2.19. The second kappa shape index (κ2) is 8.60. The van der Waals surface area contributed by atoms with Crippen LogP contribution in [-0.4, -0.2) is 13.2 Å². The molecule has 126 valence electrons. The Bertz CT molecular complexity index is 737. The van der Waals surface area contributed by atoms with Gasteiger partial charge in [0.1, 0.15) is 5.75 Å². The lowest BCUT2D eigenvalue weighted by Crippen LogP contribution is -2.01. The van der Waals surface area contributed by atoms with E-state index in [2.05, 4.69) is 17.6 Å². The number of hydrogen-bond acceptors (Lipinski definition) is 4. The Morgan fingerprint density at radius 3 is 2.25 bits per heavy atom. The SMILES string of the molecule is CCCOc1cc([N+]#N)c(OCCC)c(S)c1-c1ccc(C)cc1. The highest BCUT2D eigenvalue weighted by atomic mass is 32.1. The largest absolute Gasteiger partial charge is 0.493 e. The van der Waals surface area contributed by atoms with E-state index in [4.69, 9.17) is 9.47 Å². The summed E-state index contributed by atoms with van der Waals surface area (Å²) in [7, 11) is 0. The molecule has 0 unspecified atom stereocenters. The summed E-state index contributed by atoms with van der Waals surface area (Å²) in [6.45, 7) is 7.21. The molecule has 0 N–H and O–H groups in total. The molecule has 0 saturated heterocycles. The van der Waals surface area contributed by atoms with Crippen molar-refractivity contribution in [2.24, 2.45) is 0 Å². The average molecular weight is 343 g/mol. The number of nitrogens with zero attached hydrogens (tertiary/aromatic N) is 2. The molecule has 0 aliphatic rings. The van der Waals surface area contributed by atoms with Gasteiger partial charge in [0.05, 0.1) is 24.2 Å². The topological polar surface area (TPSA) is 46.6 Å². The van der Waals surface area contributed by atoms with E-state index >= 15 is 0 Å². The first-order valence-corrected chi connectivity index (χ1v) is 8.64. The lowest BCUT2D eigenvalue weighted by atomic mass is 10.0. The van der Waals surface area contributed by atoms with E-state index in [9.17, 15) is 5.39 Å². The van der Waals surface area contributed by atoms with Crippen molar-refractivity contribution in [3.8, 4) is 22.6 Å². The maximum absolute atomic E-state index is 9.35. The lowest BCUT2D eigenvalue weighted by Gasteiger charge is -2.15. The van der Waals surface area contributed by atoms with Crippen LogP contribution in [0.3, 0.4) is 0 Å². The number of aryl methyl sites for hydroxylation is 1. The first-order chi connectivity index (χ1) is 11.6.